The maximum absolute atomic E-state index is 12.6. The van der Waals surface area contributed by atoms with Crippen LogP contribution in [0.25, 0.3) is 0 Å². The minimum Gasteiger partial charge on any atom is -0.444 e. The SMILES string of the molecule is CC(C)(C)OC(=O)N1CCN(c2ccc([C@@H]3CCCN3C(=O)OC(C)(C)C)cn2)CC1. The predicted octanol–water partition coefficient (Wildman–Crippen LogP) is 4.21. The largest absolute Gasteiger partial charge is 0.444 e. The number of aromatic nitrogens is 1. The third-order valence-electron chi connectivity index (χ3n) is 5.29. The molecule has 0 radical (unpaired) electrons. The number of anilines is 1. The zero-order valence-corrected chi connectivity index (χ0v) is 19.7. The summed E-state index contributed by atoms with van der Waals surface area (Å²) in [6, 6.07) is 4.06. The second kappa shape index (κ2) is 8.93. The quantitative estimate of drug-likeness (QED) is 0.697. The standard InChI is InChI=1S/C23H36N4O4/c1-22(2,3)30-20(28)26-14-12-25(13-15-26)19-10-9-17(16-24-19)18-8-7-11-27(18)21(29)31-23(4,5)6/h9-10,16,18H,7-8,11-15H2,1-6H3/t18-/m0/s1. The van der Waals surface area contributed by atoms with E-state index in [1.165, 1.54) is 0 Å². The van der Waals surface area contributed by atoms with E-state index in [2.05, 4.69) is 16.0 Å². The molecule has 8 nitrogen and oxygen atoms in total. The molecule has 0 saturated carbocycles. The summed E-state index contributed by atoms with van der Waals surface area (Å²) < 4.78 is 11.0. The Kier molecular flexibility index (Phi) is 6.67. The molecular weight excluding hydrogens is 396 g/mol. The Bertz CT molecular complexity index is 774. The van der Waals surface area contributed by atoms with Gasteiger partial charge in [0.2, 0.25) is 0 Å². The molecular formula is C23H36N4O4. The number of nitrogens with zero attached hydrogens (tertiary/aromatic N) is 4. The van der Waals surface area contributed by atoms with E-state index in [1.807, 2.05) is 58.7 Å². The summed E-state index contributed by atoms with van der Waals surface area (Å²) in [6.07, 6.45) is 3.20. The molecule has 2 aliphatic rings. The number of likely N-dealkylation sites (tertiary alicyclic amines) is 1. The van der Waals surface area contributed by atoms with Crippen LogP contribution in [-0.4, -0.2) is 70.9 Å². The Morgan fingerprint density at radius 1 is 0.903 bits per heavy atom. The van der Waals surface area contributed by atoms with Crippen LogP contribution in [0.15, 0.2) is 18.3 Å². The van der Waals surface area contributed by atoms with Gasteiger partial charge in [0.05, 0.1) is 6.04 Å². The topological polar surface area (TPSA) is 75.2 Å². The van der Waals surface area contributed by atoms with E-state index in [0.717, 1.165) is 24.2 Å². The number of carbonyl (C=O) groups is 2. The van der Waals surface area contributed by atoms with Gasteiger partial charge < -0.3 is 24.2 Å². The highest BCUT2D eigenvalue weighted by Gasteiger charge is 2.33. The lowest BCUT2D eigenvalue weighted by Crippen LogP contribution is -2.50. The highest BCUT2D eigenvalue weighted by atomic mass is 16.6. The summed E-state index contributed by atoms with van der Waals surface area (Å²) in [4.78, 5) is 35.2. The summed E-state index contributed by atoms with van der Waals surface area (Å²) in [5, 5.41) is 0. The first kappa shape index (κ1) is 23.2. The van der Waals surface area contributed by atoms with Crippen molar-refractivity contribution in [2.45, 2.75) is 71.6 Å². The van der Waals surface area contributed by atoms with Gasteiger partial charge in [-0.1, -0.05) is 6.07 Å². The summed E-state index contributed by atoms with van der Waals surface area (Å²) in [5.41, 5.74) is 0.0341. The number of amides is 2. The third kappa shape index (κ3) is 6.24. The molecule has 2 fully saturated rings. The Balaban J connectivity index is 1.58. The highest BCUT2D eigenvalue weighted by Crippen LogP contribution is 2.33. The average Bonchev–Trinajstić information content (AvgIpc) is 3.16. The van der Waals surface area contributed by atoms with Crippen molar-refractivity contribution >= 4 is 18.0 Å². The van der Waals surface area contributed by atoms with Crippen LogP contribution in [0.5, 0.6) is 0 Å². The van der Waals surface area contributed by atoms with Crippen molar-refractivity contribution in [1.29, 1.82) is 0 Å². The molecule has 0 aliphatic carbocycles. The van der Waals surface area contributed by atoms with E-state index in [0.29, 0.717) is 32.7 Å². The molecule has 1 aromatic heterocycles. The zero-order valence-electron chi connectivity index (χ0n) is 19.7. The van der Waals surface area contributed by atoms with Crippen LogP contribution in [-0.2, 0) is 9.47 Å². The van der Waals surface area contributed by atoms with Crippen molar-refractivity contribution in [1.82, 2.24) is 14.8 Å². The van der Waals surface area contributed by atoms with Crippen molar-refractivity contribution in [2.75, 3.05) is 37.6 Å². The molecule has 8 heteroatoms. The van der Waals surface area contributed by atoms with E-state index in [-0.39, 0.29) is 18.2 Å². The lowest BCUT2D eigenvalue weighted by Gasteiger charge is -2.36. The average molecular weight is 433 g/mol. The van der Waals surface area contributed by atoms with Crippen molar-refractivity contribution in [3.8, 4) is 0 Å². The fourth-order valence-corrected chi connectivity index (χ4v) is 3.88. The molecule has 1 aromatic rings. The fraction of sp³-hybridized carbons (Fsp3) is 0.696. The number of rotatable bonds is 2. The summed E-state index contributed by atoms with van der Waals surface area (Å²) in [6.45, 7) is 14.6. The number of carbonyl (C=O) groups excluding carboxylic acids is 2. The van der Waals surface area contributed by atoms with Gasteiger partial charge in [-0.25, -0.2) is 14.6 Å². The van der Waals surface area contributed by atoms with Crippen LogP contribution >= 0.6 is 0 Å². The Hall–Kier alpha value is -2.51. The first-order chi connectivity index (χ1) is 14.4. The van der Waals surface area contributed by atoms with Crippen LogP contribution in [0, 0.1) is 0 Å². The molecule has 0 N–H and O–H groups in total. The normalized spacial score (nSPS) is 20.1. The van der Waals surface area contributed by atoms with Gasteiger partial charge in [-0.3, -0.25) is 0 Å². The van der Waals surface area contributed by atoms with Crippen LogP contribution < -0.4 is 4.90 Å². The number of pyridine rings is 1. The van der Waals surface area contributed by atoms with E-state index in [4.69, 9.17) is 9.47 Å². The summed E-state index contributed by atoms with van der Waals surface area (Å²) in [7, 11) is 0. The minimum absolute atomic E-state index is 0.000385. The third-order valence-corrected chi connectivity index (χ3v) is 5.29. The maximum Gasteiger partial charge on any atom is 0.410 e. The molecule has 3 rings (SSSR count). The first-order valence-corrected chi connectivity index (χ1v) is 11.1. The monoisotopic (exact) mass is 432 g/mol. The number of piperazine rings is 1. The number of hydrogen-bond acceptors (Lipinski definition) is 6. The van der Waals surface area contributed by atoms with Crippen LogP contribution in [0.2, 0.25) is 0 Å². The van der Waals surface area contributed by atoms with Gasteiger partial charge in [0.25, 0.3) is 0 Å². The predicted molar refractivity (Wildman–Crippen MR) is 119 cm³/mol. The molecule has 172 valence electrons. The lowest BCUT2D eigenvalue weighted by atomic mass is 10.1. The molecule has 0 spiro atoms. The van der Waals surface area contributed by atoms with Gasteiger partial charge in [0, 0.05) is 38.9 Å². The Morgan fingerprint density at radius 3 is 2.06 bits per heavy atom. The lowest BCUT2D eigenvalue weighted by molar-refractivity contribution is 0.0218. The molecule has 1 atom stereocenters. The van der Waals surface area contributed by atoms with E-state index < -0.39 is 11.2 Å². The van der Waals surface area contributed by atoms with Gasteiger partial charge in [-0.2, -0.15) is 0 Å². The molecule has 31 heavy (non-hydrogen) atoms. The fourth-order valence-electron chi connectivity index (χ4n) is 3.88. The Labute approximate surface area is 185 Å². The van der Waals surface area contributed by atoms with Crippen molar-refractivity contribution in [2.24, 2.45) is 0 Å². The first-order valence-electron chi connectivity index (χ1n) is 11.1. The van der Waals surface area contributed by atoms with Gasteiger partial charge in [0.1, 0.15) is 17.0 Å². The number of ether oxygens (including phenoxy) is 2. The van der Waals surface area contributed by atoms with Crippen LogP contribution in [0.4, 0.5) is 15.4 Å². The van der Waals surface area contributed by atoms with Gasteiger partial charge in [-0.05, 0) is 66.0 Å². The summed E-state index contributed by atoms with van der Waals surface area (Å²) in [5.74, 6) is 0.884. The summed E-state index contributed by atoms with van der Waals surface area (Å²) >= 11 is 0. The second-order valence-corrected chi connectivity index (χ2v) is 10.2. The molecule has 2 saturated heterocycles. The van der Waals surface area contributed by atoms with Gasteiger partial charge in [0.15, 0.2) is 0 Å². The molecule has 3 heterocycles. The van der Waals surface area contributed by atoms with E-state index >= 15 is 0 Å². The van der Waals surface area contributed by atoms with Crippen molar-refractivity contribution < 1.29 is 19.1 Å². The Morgan fingerprint density at radius 2 is 1.52 bits per heavy atom. The minimum atomic E-state index is -0.506. The molecule has 0 bridgehead atoms. The van der Waals surface area contributed by atoms with Gasteiger partial charge in [-0.15, -0.1) is 0 Å². The second-order valence-electron chi connectivity index (χ2n) is 10.2. The van der Waals surface area contributed by atoms with Crippen molar-refractivity contribution in [3.63, 3.8) is 0 Å². The van der Waals surface area contributed by atoms with Crippen molar-refractivity contribution in [3.05, 3.63) is 23.9 Å². The highest BCUT2D eigenvalue weighted by molar-refractivity contribution is 5.69. The zero-order chi connectivity index (χ0) is 22.8. The number of hydrogen-bond donors (Lipinski definition) is 0. The maximum atomic E-state index is 12.6. The molecule has 0 unspecified atom stereocenters. The van der Waals surface area contributed by atoms with Crippen LogP contribution in [0.3, 0.4) is 0 Å². The van der Waals surface area contributed by atoms with Crippen LogP contribution in [0.1, 0.15) is 66.0 Å². The molecule has 0 aromatic carbocycles. The molecule has 2 amide bonds. The van der Waals surface area contributed by atoms with E-state index in [9.17, 15) is 9.59 Å². The van der Waals surface area contributed by atoms with E-state index in [1.54, 1.807) is 4.90 Å². The molecule has 2 aliphatic heterocycles. The van der Waals surface area contributed by atoms with Gasteiger partial charge >= 0.3 is 12.2 Å². The smallest absolute Gasteiger partial charge is 0.410 e.